The highest BCUT2D eigenvalue weighted by Crippen LogP contribution is 2.36. The maximum atomic E-state index is 12.1. The predicted octanol–water partition coefficient (Wildman–Crippen LogP) is 2.61. The average molecular weight is 303 g/mol. The number of cyclic esters (lactones) is 1. The third kappa shape index (κ3) is 3.59. The third-order valence-electron chi connectivity index (χ3n) is 4.50. The minimum atomic E-state index is -0.440. The molecule has 0 radical (unpaired) electrons. The lowest BCUT2D eigenvalue weighted by Gasteiger charge is -2.27. The van der Waals surface area contributed by atoms with Crippen LogP contribution in [0.25, 0.3) is 0 Å². The SMILES string of the molecule is O=C1NC(COC(=O)C2CCC(c3ccccc3)CC2)CO1. The Labute approximate surface area is 130 Å². The molecule has 3 rings (SSSR count). The molecule has 1 aromatic rings. The van der Waals surface area contributed by atoms with Gasteiger partial charge in [-0.15, -0.1) is 0 Å². The third-order valence-corrected chi connectivity index (χ3v) is 4.50. The van der Waals surface area contributed by atoms with Crippen LogP contribution in [0.4, 0.5) is 4.79 Å². The Morgan fingerprint density at radius 2 is 1.91 bits per heavy atom. The summed E-state index contributed by atoms with van der Waals surface area (Å²) in [7, 11) is 0. The molecule has 1 saturated carbocycles. The van der Waals surface area contributed by atoms with Crippen molar-refractivity contribution >= 4 is 12.1 Å². The first-order valence-electron chi connectivity index (χ1n) is 7.87. The van der Waals surface area contributed by atoms with Crippen LogP contribution in [0.3, 0.4) is 0 Å². The smallest absolute Gasteiger partial charge is 0.407 e. The molecule has 0 aromatic heterocycles. The largest absolute Gasteiger partial charge is 0.463 e. The zero-order valence-electron chi connectivity index (χ0n) is 12.5. The van der Waals surface area contributed by atoms with Crippen LogP contribution in [0, 0.1) is 5.92 Å². The lowest BCUT2D eigenvalue weighted by molar-refractivity contribution is -0.150. The van der Waals surface area contributed by atoms with E-state index < -0.39 is 6.09 Å². The maximum Gasteiger partial charge on any atom is 0.407 e. The van der Waals surface area contributed by atoms with Gasteiger partial charge in [-0.05, 0) is 37.2 Å². The van der Waals surface area contributed by atoms with Crippen LogP contribution in [0.15, 0.2) is 30.3 Å². The molecule has 0 spiro atoms. The molecule has 118 valence electrons. The fourth-order valence-corrected chi connectivity index (χ4v) is 3.20. The summed E-state index contributed by atoms with van der Waals surface area (Å²) in [6, 6.07) is 10.3. The van der Waals surface area contributed by atoms with Gasteiger partial charge in [0.1, 0.15) is 19.3 Å². The van der Waals surface area contributed by atoms with E-state index in [1.54, 1.807) is 0 Å². The van der Waals surface area contributed by atoms with Crippen molar-refractivity contribution in [3.8, 4) is 0 Å². The maximum absolute atomic E-state index is 12.1. The standard InChI is InChI=1S/C17H21NO4/c19-16(21-10-15-11-22-17(20)18-15)14-8-6-13(7-9-14)12-4-2-1-3-5-12/h1-5,13-15H,6-11H2,(H,18,20). The summed E-state index contributed by atoms with van der Waals surface area (Å²) in [4.78, 5) is 23.0. The Hall–Kier alpha value is -2.04. The van der Waals surface area contributed by atoms with E-state index in [-0.39, 0.29) is 31.1 Å². The van der Waals surface area contributed by atoms with Gasteiger partial charge >= 0.3 is 12.1 Å². The normalized spacial score (nSPS) is 27.8. The zero-order valence-corrected chi connectivity index (χ0v) is 12.5. The summed E-state index contributed by atoms with van der Waals surface area (Å²) in [6.45, 7) is 0.468. The van der Waals surface area contributed by atoms with Gasteiger partial charge in [0.2, 0.25) is 0 Å². The number of carbonyl (C=O) groups is 2. The van der Waals surface area contributed by atoms with Crippen LogP contribution in [0.1, 0.15) is 37.2 Å². The van der Waals surface area contributed by atoms with Crippen LogP contribution < -0.4 is 5.32 Å². The Bertz CT molecular complexity index is 523. The quantitative estimate of drug-likeness (QED) is 0.868. The molecule has 1 amide bonds. The van der Waals surface area contributed by atoms with Crippen LogP contribution in [0.5, 0.6) is 0 Å². The van der Waals surface area contributed by atoms with Crippen molar-refractivity contribution < 1.29 is 19.1 Å². The Balaban J connectivity index is 1.43. The van der Waals surface area contributed by atoms with E-state index in [1.807, 2.05) is 6.07 Å². The molecule has 1 N–H and O–H groups in total. The molecule has 1 heterocycles. The first-order valence-corrected chi connectivity index (χ1v) is 7.87. The van der Waals surface area contributed by atoms with Crippen LogP contribution in [-0.4, -0.2) is 31.3 Å². The minimum absolute atomic E-state index is 0.0158. The van der Waals surface area contributed by atoms with E-state index in [4.69, 9.17) is 9.47 Å². The van der Waals surface area contributed by atoms with Gasteiger partial charge in [0, 0.05) is 0 Å². The van der Waals surface area contributed by atoms with Crippen molar-refractivity contribution in [2.45, 2.75) is 37.6 Å². The highest BCUT2D eigenvalue weighted by molar-refractivity contribution is 5.73. The van der Waals surface area contributed by atoms with Crippen LogP contribution in [-0.2, 0) is 14.3 Å². The first kappa shape index (κ1) is 14.9. The second-order valence-electron chi connectivity index (χ2n) is 6.03. The summed E-state index contributed by atoms with van der Waals surface area (Å²) in [6.07, 6.45) is 3.34. The highest BCUT2D eigenvalue weighted by atomic mass is 16.6. The Morgan fingerprint density at radius 3 is 2.55 bits per heavy atom. The van der Waals surface area contributed by atoms with Gasteiger partial charge in [-0.1, -0.05) is 30.3 Å². The fraction of sp³-hybridized carbons (Fsp3) is 0.529. The van der Waals surface area contributed by atoms with Crippen molar-refractivity contribution in [3.63, 3.8) is 0 Å². The van der Waals surface area contributed by atoms with Crippen molar-refractivity contribution in [2.24, 2.45) is 5.92 Å². The number of nitrogens with one attached hydrogen (secondary N) is 1. The molecule has 1 atom stereocenters. The van der Waals surface area contributed by atoms with Crippen molar-refractivity contribution in [1.82, 2.24) is 5.32 Å². The zero-order chi connectivity index (χ0) is 15.4. The molecule has 1 aliphatic carbocycles. The van der Waals surface area contributed by atoms with Crippen LogP contribution in [0.2, 0.25) is 0 Å². The summed E-state index contributed by atoms with van der Waals surface area (Å²) in [5.41, 5.74) is 1.36. The Morgan fingerprint density at radius 1 is 1.18 bits per heavy atom. The molecule has 0 bridgehead atoms. The summed E-state index contributed by atoms with van der Waals surface area (Å²) >= 11 is 0. The van der Waals surface area contributed by atoms with Gasteiger partial charge < -0.3 is 14.8 Å². The first-order chi connectivity index (χ1) is 10.7. The summed E-state index contributed by atoms with van der Waals surface area (Å²) in [5, 5.41) is 2.60. The summed E-state index contributed by atoms with van der Waals surface area (Å²) < 4.78 is 10.1. The van der Waals surface area contributed by atoms with E-state index in [9.17, 15) is 9.59 Å². The number of esters is 1. The number of alkyl carbamates (subject to hydrolysis) is 1. The Kier molecular flexibility index (Phi) is 4.61. The van der Waals surface area contributed by atoms with Crippen molar-refractivity contribution in [1.29, 1.82) is 0 Å². The molecule has 1 aromatic carbocycles. The monoisotopic (exact) mass is 303 g/mol. The molecule has 2 fully saturated rings. The average Bonchev–Trinajstić information content (AvgIpc) is 2.99. The fourth-order valence-electron chi connectivity index (χ4n) is 3.20. The number of ether oxygens (including phenoxy) is 2. The second-order valence-corrected chi connectivity index (χ2v) is 6.03. The van der Waals surface area contributed by atoms with E-state index in [1.165, 1.54) is 5.56 Å². The molecule has 1 saturated heterocycles. The number of carbonyl (C=O) groups excluding carboxylic acids is 2. The molecule has 5 nitrogen and oxygen atoms in total. The summed E-state index contributed by atoms with van der Waals surface area (Å²) in [5.74, 6) is 0.387. The van der Waals surface area contributed by atoms with Crippen molar-refractivity contribution in [3.05, 3.63) is 35.9 Å². The van der Waals surface area contributed by atoms with E-state index in [2.05, 4.69) is 29.6 Å². The minimum Gasteiger partial charge on any atom is -0.463 e. The van der Waals surface area contributed by atoms with Crippen molar-refractivity contribution in [2.75, 3.05) is 13.2 Å². The van der Waals surface area contributed by atoms with Gasteiger partial charge in [-0.3, -0.25) is 4.79 Å². The van der Waals surface area contributed by atoms with Gasteiger partial charge in [-0.25, -0.2) is 4.79 Å². The number of benzene rings is 1. The molecule has 22 heavy (non-hydrogen) atoms. The van der Waals surface area contributed by atoms with Gasteiger partial charge in [0.15, 0.2) is 0 Å². The molecule has 5 heteroatoms. The van der Waals surface area contributed by atoms with Crippen LogP contribution >= 0.6 is 0 Å². The molecule has 2 aliphatic rings. The topological polar surface area (TPSA) is 64.6 Å². The second kappa shape index (κ2) is 6.81. The number of hydrogen-bond acceptors (Lipinski definition) is 4. The molecular weight excluding hydrogens is 282 g/mol. The highest BCUT2D eigenvalue weighted by Gasteiger charge is 2.29. The lowest BCUT2D eigenvalue weighted by Crippen LogP contribution is -2.33. The number of hydrogen-bond donors (Lipinski definition) is 1. The van der Waals surface area contributed by atoms with Gasteiger partial charge in [-0.2, -0.15) is 0 Å². The van der Waals surface area contributed by atoms with Gasteiger partial charge in [0.25, 0.3) is 0 Å². The number of amides is 1. The molecule has 1 unspecified atom stereocenters. The molecular formula is C17H21NO4. The number of rotatable bonds is 4. The van der Waals surface area contributed by atoms with Gasteiger partial charge in [0.05, 0.1) is 5.92 Å². The lowest BCUT2D eigenvalue weighted by atomic mass is 9.79. The molecule has 1 aliphatic heterocycles. The predicted molar refractivity (Wildman–Crippen MR) is 80.4 cm³/mol. The van der Waals surface area contributed by atoms with E-state index in [0.29, 0.717) is 5.92 Å². The van der Waals surface area contributed by atoms with E-state index >= 15 is 0 Å². The van der Waals surface area contributed by atoms with E-state index in [0.717, 1.165) is 25.7 Å².